The molecule has 1 aromatic carbocycles. The Hall–Kier alpha value is -3.27. The normalized spacial score (nSPS) is 21.4. The predicted molar refractivity (Wildman–Crippen MR) is 121 cm³/mol. The number of anilines is 1. The Morgan fingerprint density at radius 3 is 2.33 bits per heavy atom. The van der Waals surface area contributed by atoms with E-state index < -0.39 is 12.1 Å². The molecule has 1 atom stereocenters. The van der Waals surface area contributed by atoms with E-state index in [1.54, 1.807) is 13.8 Å². The molecule has 0 saturated carbocycles. The number of hydrogen-bond donors (Lipinski definition) is 1. The molecule has 2 fully saturated rings. The van der Waals surface area contributed by atoms with E-state index in [-0.39, 0.29) is 37.1 Å². The van der Waals surface area contributed by atoms with Crippen molar-refractivity contribution in [2.45, 2.75) is 33.0 Å². The van der Waals surface area contributed by atoms with E-state index >= 15 is 0 Å². The number of ether oxygens (including phenoxy) is 1. The molecule has 3 aliphatic rings. The van der Waals surface area contributed by atoms with Gasteiger partial charge in [-0.3, -0.25) is 14.0 Å². The van der Waals surface area contributed by atoms with Crippen LogP contribution >= 0.6 is 0 Å². The van der Waals surface area contributed by atoms with Crippen molar-refractivity contribution in [3.05, 3.63) is 46.1 Å². The van der Waals surface area contributed by atoms with Crippen LogP contribution in [-0.2, 0) is 17.8 Å². The van der Waals surface area contributed by atoms with Crippen LogP contribution in [0, 0.1) is 5.41 Å². The number of carbonyl (C=O) groups is 2. The lowest BCUT2D eigenvalue weighted by Crippen LogP contribution is -2.71. The average Bonchev–Trinajstić information content (AvgIpc) is 3.01. The van der Waals surface area contributed by atoms with Crippen LogP contribution in [0.4, 0.5) is 10.5 Å². The van der Waals surface area contributed by atoms with Gasteiger partial charge in [-0.25, -0.2) is 14.4 Å². The summed E-state index contributed by atoms with van der Waals surface area (Å²) in [6, 6.07) is 7.22. The summed E-state index contributed by atoms with van der Waals surface area (Å²) in [5.74, 6) is -0.633. The highest BCUT2D eigenvalue weighted by Crippen LogP contribution is 2.41. The number of carbonyl (C=O) groups excluding carboxylic acids is 1. The maximum atomic E-state index is 13.4. The quantitative estimate of drug-likeness (QED) is 0.697. The standard InChI is InChI=1S/C23H29N5O5/c1-4-33-20(29)19-18-10-26(22(31)32)15(2)9-27(18)21(30)28(19)17-7-5-16(6-8-17)25-13-23(14-25)11-24(3)12-23/h5-8,15H,4,9-14H2,1-3H3,(H,31,32). The molecule has 2 saturated heterocycles. The van der Waals surface area contributed by atoms with Crippen molar-refractivity contribution in [1.29, 1.82) is 0 Å². The molecule has 10 heteroatoms. The zero-order valence-corrected chi connectivity index (χ0v) is 19.2. The molecule has 176 valence electrons. The molecule has 5 rings (SSSR count). The van der Waals surface area contributed by atoms with E-state index in [1.165, 1.54) is 14.0 Å². The number of amides is 1. The van der Waals surface area contributed by atoms with Crippen LogP contribution in [-0.4, -0.2) is 82.0 Å². The first-order valence-electron chi connectivity index (χ1n) is 11.3. The van der Waals surface area contributed by atoms with E-state index in [0.717, 1.165) is 31.9 Å². The molecular formula is C23H29N5O5. The van der Waals surface area contributed by atoms with Gasteiger partial charge in [0.25, 0.3) is 0 Å². The predicted octanol–water partition coefficient (Wildman–Crippen LogP) is 1.45. The van der Waals surface area contributed by atoms with Gasteiger partial charge in [0.15, 0.2) is 5.69 Å². The lowest BCUT2D eigenvalue weighted by Gasteiger charge is -2.60. The molecule has 0 bridgehead atoms. The molecule has 0 aliphatic carbocycles. The van der Waals surface area contributed by atoms with Crippen LogP contribution < -0.4 is 10.6 Å². The summed E-state index contributed by atoms with van der Waals surface area (Å²) < 4.78 is 8.09. The van der Waals surface area contributed by atoms with E-state index in [9.17, 15) is 19.5 Å². The number of likely N-dealkylation sites (tertiary alicyclic amines) is 1. The fourth-order valence-electron chi connectivity index (χ4n) is 5.58. The molecule has 1 unspecified atom stereocenters. The molecule has 1 aromatic heterocycles. The van der Waals surface area contributed by atoms with Gasteiger partial charge < -0.3 is 19.6 Å². The lowest BCUT2D eigenvalue weighted by atomic mass is 9.73. The first-order chi connectivity index (χ1) is 15.7. The minimum absolute atomic E-state index is 0.0464. The topological polar surface area (TPSA) is 100 Å². The van der Waals surface area contributed by atoms with Crippen LogP contribution in [0.3, 0.4) is 0 Å². The van der Waals surface area contributed by atoms with Gasteiger partial charge in [-0.05, 0) is 45.2 Å². The molecule has 1 N–H and O–H groups in total. The second kappa shape index (κ2) is 7.65. The summed E-state index contributed by atoms with van der Waals surface area (Å²) in [6.07, 6.45) is -1.09. The van der Waals surface area contributed by atoms with Crippen molar-refractivity contribution in [2.24, 2.45) is 5.41 Å². The van der Waals surface area contributed by atoms with Crippen molar-refractivity contribution < 1.29 is 19.4 Å². The SMILES string of the molecule is CCOC(=O)c1c2n(c(=O)n1-c1ccc(N3CC4(CN(C)C4)C3)cc1)CC(C)N(C(=O)O)C2. The Kier molecular flexibility index (Phi) is 5.00. The van der Waals surface area contributed by atoms with Gasteiger partial charge in [0.05, 0.1) is 30.6 Å². The van der Waals surface area contributed by atoms with E-state index in [1.807, 2.05) is 24.3 Å². The van der Waals surface area contributed by atoms with Crippen LogP contribution in [0.1, 0.15) is 30.0 Å². The third-order valence-electron chi connectivity index (χ3n) is 6.99. The first kappa shape index (κ1) is 21.6. The minimum Gasteiger partial charge on any atom is -0.465 e. The monoisotopic (exact) mass is 455 g/mol. The zero-order valence-electron chi connectivity index (χ0n) is 19.2. The van der Waals surface area contributed by atoms with Crippen LogP contribution in [0.2, 0.25) is 0 Å². The molecule has 1 spiro atoms. The minimum atomic E-state index is -1.09. The van der Waals surface area contributed by atoms with Gasteiger partial charge in [-0.15, -0.1) is 0 Å². The molecular weight excluding hydrogens is 426 g/mol. The van der Waals surface area contributed by atoms with E-state index in [4.69, 9.17) is 4.74 Å². The fourth-order valence-corrected chi connectivity index (χ4v) is 5.58. The number of hydrogen-bond acceptors (Lipinski definition) is 6. The van der Waals surface area contributed by atoms with E-state index in [2.05, 4.69) is 16.8 Å². The average molecular weight is 456 g/mol. The number of nitrogens with zero attached hydrogens (tertiary/aromatic N) is 5. The van der Waals surface area contributed by atoms with Gasteiger partial charge in [0.1, 0.15) is 0 Å². The highest BCUT2D eigenvalue weighted by atomic mass is 16.5. The molecule has 2 aromatic rings. The van der Waals surface area contributed by atoms with Crippen molar-refractivity contribution >= 4 is 17.7 Å². The van der Waals surface area contributed by atoms with Crippen molar-refractivity contribution in [2.75, 3.05) is 44.7 Å². The van der Waals surface area contributed by atoms with Gasteiger partial charge in [-0.2, -0.15) is 0 Å². The number of esters is 1. The molecule has 33 heavy (non-hydrogen) atoms. The highest BCUT2D eigenvalue weighted by molar-refractivity contribution is 5.90. The molecule has 1 amide bonds. The Morgan fingerprint density at radius 2 is 1.76 bits per heavy atom. The number of fused-ring (bicyclic) bond motifs is 1. The number of imidazole rings is 1. The van der Waals surface area contributed by atoms with Crippen molar-refractivity contribution in [1.82, 2.24) is 18.9 Å². The Labute approximate surface area is 191 Å². The number of aromatic nitrogens is 2. The van der Waals surface area contributed by atoms with Crippen molar-refractivity contribution in [3.63, 3.8) is 0 Å². The number of carboxylic acid groups (broad SMARTS) is 1. The van der Waals surface area contributed by atoms with Crippen molar-refractivity contribution in [3.8, 4) is 5.69 Å². The zero-order chi connectivity index (χ0) is 23.5. The fraction of sp³-hybridized carbons (Fsp3) is 0.522. The largest absolute Gasteiger partial charge is 0.465 e. The maximum absolute atomic E-state index is 13.4. The van der Waals surface area contributed by atoms with Crippen LogP contribution in [0.5, 0.6) is 0 Å². The first-order valence-corrected chi connectivity index (χ1v) is 11.3. The molecule has 4 heterocycles. The second-order valence-electron chi connectivity index (χ2n) is 9.55. The molecule has 0 radical (unpaired) electrons. The number of benzene rings is 1. The highest BCUT2D eigenvalue weighted by Gasteiger charge is 2.50. The smallest absolute Gasteiger partial charge is 0.407 e. The van der Waals surface area contributed by atoms with Gasteiger partial charge >= 0.3 is 17.8 Å². The van der Waals surface area contributed by atoms with Gasteiger partial charge in [0, 0.05) is 43.8 Å². The Morgan fingerprint density at radius 1 is 1.12 bits per heavy atom. The third kappa shape index (κ3) is 3.40. The molecule has 3 aliphatic heterocycles. The lowest BCUT2D eigenvalue weighted by molar-refractivity contribution is -0.00238. The summed E-state index contributed by atoms with van der Waals surface area (Å²) >= 11 is 0. The Balaban J connectivity index is 1.49. The summed E-state index contributed by atoms with van der Waals surface area (Å²) in [4.78, 5) is 43.8. The molecule has 10 nitrogen and oxygen atoms in total. The summed E-state index contributed by atoms with van der Waals surface area (Å²) in [6.45, 7) is 8.04. The Bertz CT molecular complexity index is 1150. The van der Waals surface area contributed by atoms with Crippen LogP contribution in [0.15, 0.2) is 29.1 Å². The maximum Gasteiger partial charge on any atom is 0.407 e. The van der Waals surface area contributed by atoms with Gasteiger partial charge in [0.2, 0.25) is 0 Å². The summed E-state index contributed by atoms with van der Waals surface area (Å²) in [5.41, 5.74) is 2.14. The van der Waals surface area contributed by atoms with Gasteiger partial charge in [-0.1, -0.05) is 0 Å². The number of rotatable bonds is 4. The van der Waals surface area contributed by atoms with Crippen LogP contribution in [0.25, 0.3) is 5.69 Å². The second-order valence-corrected chi connectivity index (χ2v) is 9.55. The van der Waals surface area contributed by atoms with E-state index in [0.29, 0.717) is 16.8 Å². The third-order valence-corrected chi connectivity index (χ3v) is 6.99. The summed E-state index contributed by atoms with van der Waals surface area (Å²) in [5, 5.41) is 9.55. The summed E-state index contributed by atoms with van der Waals surface area (Å²) in [7, 11) is 2.13.